The van der Waals surface area contributed by atoms with Crippen LogP contribution in [0.1, 0.15) is 5.56 Å². The fraction of sp³-hybridized carbons (Fsp3) is 0.154. The zero-order valence-corrected chi connectivity index (χ0v) is 11.1. The first-order valence-corrected chi connectivity index (χ1v) is 6.60. The van der Waals surface area contributed by atoms with Crippen LogP contribution in [0.15, 0.2) is 41.4 Å². The summed E-state index contributed by atoms with van der Waals surface area (Å²) in [6.45, 7) is 0. The number of aliphatic imine (C=N–C) groups is 1. The van der Waals surface area contributed by atoms with Gasteiger partial charge in [-0.15, -0.1) is 0 Å². The SMILES string of the molecule is CN=C(N)SCc1ccc(Cl)c2ccccc12. The van der Waals surface area contributed by atoms with Gasteiger partial charge in [0, 0.05) is 23.2 Å². The van der Waals surface area contributed by atoms with Gasteiger partial charge < -0.3 is 5.73 Å². The van der Waals surface area contributed by atoms with Crippen molar-refractivity contribution in [3.05, 3.63) is 47.0 Å². The van der Waals surface area contributed by atoms with Crippen molar-refractivity contribution < 1.29 is 0 Å². The Morgan fingerprint density at radius 2 is 1.94 bits per heavy atom. The highest BCUT2D eigenvalue weighted by atomic mass is 35.5. The Morgan fingerprint density at radius 3 is 2.65 bits per heavy atom. The molecule has 17 heavy (non-hydrogen) atoms. The first-order chi connectivity index (χ1) is 8.22. The van der Waals surface area contributed by atoms with E-state index in [4.69, 9.17) is 17.3 Å². The van der Waals surface area contributed by atoms with E-state index in [0.29, 0.717) is 5.17 Å². The van der Waals surface area contributed by atoms with Crippen LogP contribution in [0.4, 0.5) is 0 Å². The van der Waals surface area contributed by atoms with Crippen molar-refractivity contribution in [1.29, 1.82) is 0 Å². The third-order valence-electron chi connectivity index (χ3n) is 2.56. The average molecular weight is 265 g/mol. The summed E-state index contributed by atoms with van der Waals surface area (Å²) in [7, 11) is 1.70. The molecule has 2 N–H and O–H groups in total. The van der Waals surface area contributed by atoms with Crippen molar-refractivity contribution in [2.75, 3.05) is 7.05 Å². The van der Waals surface area contributed by atoms with Crippen molar-refractivity contribution in [2.24, 2.45) is 10.7 Å². The Bertz CT molecular complexity index is 566. The highest BCUT2D eigenvalue weighted by molar-refractivity contribution is 8.13. The van der Waals surface area contributed by atoms with Crippen LogP contribution in [0.3, 0.4) is 0 Å². The molecule has 2 aromatic rings. The molecule has 0 aromatic heterocycles. The van der Waals surface area contributed by atoms with E-state index in [9.17, 15) is 0 Å². The molecule has 0 unspecified atom stereocenters. The molecule has 0 bridgehead atoms. The van der Waals surface area contributed by atoms with Gasteiger partial charge in [0.2, 0.25) is 0 Å². The molecule has 88 valence electrons. The Labute approximate surface area is 110 Å². The van der Waals surface area contributed by atoms with E-state index in [1.54, 1.807) is 7.05 Å². The predicted molar refractivity (Wildman–Crippen MR) is 77.8 cm³/mol. The van der Waals surface area contributed by atoms with Gasteiger partial charge in [0.15, 0.2) is 5.17 Å². The molecule has 0 saturated carbocycles. The van der Waals surface area contributed by atoms with Crippen molar-refractivity contribution >= 4 is 39.3 Å². The zero-order chi connectivity index (χ0) is 12.3. The van der Waals surface area contributed by atoms with Gasteiger partial charge in [-0.1, -0.05) is 53.7 Å². The van der Waals surface area contributed by atoms with Gasteiger partial charge in [-0.05, 0) is 17.0 Å². The molecule has 2 rings (SSSR count). The molecule has 0 saturated heterocycles. The fourth-order valence-corrected chi connectivity index (χ4v) is 2.58. The van der Waals surface area contributed by atoms with E-state index in [-0.39, 0.29) is 0 Å². The summed E-state index contributed by atoms with van der Waals surface area (Å²) in [5.41, 5.74) is 6.91. The van der Waals surface area contributed by atoms with Crippen LogP contribution >= 0.6 is 23.4 Å². The summed E-state index contributed by atoms with van der Waals surface area (Å²) in [5, 5.41) is 3.64. The fourth-order valence-electron chi connectivity index (χ4n) is 1.67. The molecule has 0 aliphatic rings. The average Bonchev–Trinajstić information content (AvgIpc) is 2.38. The maximum absolute atomic E-state index is 6.16. The van der Waals surface area contributed by atoms with Crippen LogP contribution in [0.25, 0.3) is 10.8 Å². The first kappa shape index (κ1) is 12.3. The minimum absolute atomic E-state index is 0.601. The number of nitrogens with two attached hydrogens (primary N) is 1. The minimum atomic E-state index is 0.601. The minimum Gasteiger partial charge on any atom is -0.379 e. The third-order valence-corrected chi connectivity index (χ3v) is 3.82. The summed E-state index contributed by atoms with van der Waals surface area (Å²) >= 11 is 7.70. The molecule has 0 atom stereocenters. The third kappa shape index (κ3) is 2.73. The topological polar surface area (TPSA) is 38.4 Å². The standard InChI is InChI=1S/C13H13ClN2S/c1-16-13(15)17-8-9-6-7-12(14)11-5-3-2-4-10(9)11/h2-7H,8H2,1H3,(H2,15,16). The predicted octanol–water partition coefficient (Wildman–Crippen LogP) is 3.67. The van der Waals surface area contributed by atoms with Gasteiger partial charge in [0.05, 0.1) is 0 Å². The zero-order valence-electron chi connectivity index (χ0n) is 9.48. The maximum Gasteiger partial charge on any atom is 0.153 e. The molecule has 4 heteroatoms. The lowest BCUT2D eigenvalue weighted by molar-refractivity contribution is 1.43. The lowest BCUT2D eigenvalue weighted by Crippen LogP contribution is -2.06. The monoisotopic (exact) mass is 264 g/mol. The second-order valence-electron chi connectivity index (χ2n) is 3.60. The van der Waals surface area contributed by atoms with Crippen molar-refractivity contribution in [2.45, 2.75) is 5.75 Å². The quantitative estimate of drug-likeness (QED) is 0.664. The van der Waals surface area contributed by atoms with E-state index in [0.717, 1.165) is 16.2 Å². The van der Waals surface area contributed by atoms with Gasteiger partial charge in [0.25, 0.3) is 0 Å². The number of benzene rings is 2. The number of nitrogens with zero attached hydrogens (tertiary/aromatic N) is 1. The van der Waals surface area contributed by atoms with Gasteiger partial charge >= 0.3 is 0 Å². The first-order valence-electron chi connectivity index (χ1n) is 5.23. The number of rotatable bonds is 2. The Balaban J connectivity index is 2.38. The van der Waals surface area contributed by atoms with Gasteiger partial charge in [-0.2, -0.15) is 0 Å². The smallest absolute Gasteiger partial charge is 0.153 e. The second kappa shape index (κ2) is 5.43. The number of hydrogen-bond acceptors (Lipinski definition) is 2. The number of fused-ring (bicyclic) bond motifs is 1. The Hall–Kier alpha value is -1.19. The lowest BCUT2D eigenvalue weighted by atomic mass is 10.1. The van der Waals surface area contributed by atoms with E-state index in [2.05, 4.69) is 11.1 Å². The van der Waals surface area contributed by atoms with E-state index in [1.165, 1.54) is 22.7 Å². The van der Waals surface area contributed by atoms with Crippen LogP contribution in [0.5, 0.6) is 0 Å². The molecular formula is C13H13ClN2S. The summed E-state index contributed by atoms with van der Waals surface area (Å²) in [4.78, 5) is 3.93. The molecular weight excluding hydrogens is 252 g/mol. The van der Waals surface area contributed by atoms with Crippen LogP contribution in [-0.4, -0.2) is 12.2 Å². The van der Waals surface area contributed by atoms with Gasteiger partial charge in [-0.25, -0.2) is 0 Å². The summed E-state index contributed by atoms with van der Waals surface area (Å²) in [6, 6.07) is 12.1. The highest BCUT2D eigenvalue weighted by Crippen LogP contribution is 2.28. The molecule has 0 fully saturated rings. The van der Waals surface area contributed by atoms with E-state index >= 15 is 0 Å². The molecule has 2 aromatic carbocycles. The molecule has 0 aliphatic heterocycles. The van der Waals surface area contributed by atoms with E-state index < -0.39 is 0 Å². The normalized spacial score (nSPS) is 12.0. The molecule has 2 nitrogen and oxygen atoms in total. The van der Waals surface area contributed by atoms with Gasteiger partial charge in [0.1, 0.15) is 0 Å². The van der Waals surface area contributed by atoms with Crippen LogP contribution in [-0.2, 0) is 5.75 Å². The maximum atomic E-state index is 6.16. The summed E-state index contributed by atoms with van der Waals surface area (Å²) in [6.07, 6.45) is 0. The number of halogens is 1. The van der Waals surface area contributed by atoms with Gasteiger partial charge in [-0.3, -0.25) is 4.99 Å². The molecule has 0 spiro atoms. The molecule has 0 aliphatic carbocycles. The van der Waals surface area contributed by atoms with E-state index in [1.807, 2.05) is 30.3 Å². The second-order valence-corrected chi connectivity index (χ2v) is 5.01. The van der Waals surface area contributed by atoms with Crippen molar-refractivity contribution in [3.8, 4) is 0 Å². The summed E-state index contributed by atoms with van der Waals surface area (Å²) in [5.74, 6) is 0.806. The highest BCUT2D eigenvalue weighted by Gasteiger charge is 2.04. The number of hydrogen-bond donors (Lipinski definition) is 1. The Morgan fingerprint density at radius 1 is 1.24 bits per heavy atom. The Kier molecular flexibility index (Phi) is 3.92. The van der Waals surface area contributed by atoms with Crippen LogP contribution < -0.4 is 5.73 Å². The van der Waals surface area contributed by atoms with Crippen LogP contribution in [0, 0.1) is 0 Å². The molecule has 0 heterocycles. The number of thioether (sulfide) groups is 1. The largest absolute Gasteiger partial charge is 0.379 e. The van der Waals surface area contributed by atoms with Crippen molar-refractivity contribution in [3.63, 3.8) is 0 Å². The summed E-state index contributed by atoms with van der Waals surface area (Å²) < 4.78 is 0. The molecule has 0 radical (unpaired) electrons. The van der Waals surface area contributed by atoms with Crippen LogP contribution in [0.2, 0.25) is 5.02 Å². The number of amidine groups is 1. The molecule has 0 amide bonds. The lowest BCUT2D eigenvalue weighted by Gasteiger charge is -2.07. The van der Waals surface area contributed by atoms with Crippen molar-refractivity contribution in [1.82, 2.24) is 0 Å².